The molecule has 2 aliphatic heterocycles. The van der Waals surface area contributed by atoms with Gasteiger partial charge in [0.05, 0.1) is 5.60 Å². The Morgan fingerprint density at radius 2 is 1.89 bits per heavy atom. The standard InChI is InChI=1S/C16H30N2O/c1-12-4-3-7-16(19,10-12)11-17-13-8-14-5-6-15(9-13)18(14)2/h12-15,17,19H,3-11H2,1-2H3. The van der Waals surface area contributed by atoms with Crippen LogP contribution in [0.25, 0.3) is 0 Å². The highest BCUT2D eigenvalue weighted by Gasteiger charge is 2.39. The fraction of sp³-hybridized carbons (Fsp3) is 1.00. The third kappa shape index (κ3) is 2.98. The first-order chi connectivity index (χ1) is 9.06. The first kappa shape index (κ1) is 13.8. The summed E-state index contributed by atoms with van der Waals surface area (Å²) in [5.41, 5.74) is -0.430. The summed E-state index contributed by atoms with van der Waals surface area (Å²) >= 11 is 0. The van der Waals surface area contributed by atoms with E-state index in [1.807, 2.05) is 0 Å². The molecule has 3 fully saturated rings. The first-order valence-electron chi connectivity index (χ1n) is 8.23. The summed E-state index contributed by atoms with van der Waals surface area (Å²) in [6.45, 7) is 3.09. The van der Waals surface area contributed by atoms with Crippen molar-refractivity contribution in [1.29, 1.82) is 0 Å². The summed E-state index contributed by atoms with van der Waals surface area (Å²) in [6, 6.07) is 2.21. The molecule has 3 rings (SSSR count). The van der Waals surface area contributed by atoms with Crippen molar-refractivity contribution in [3.8, 4) is 0 Å². The van der Waals surface area contributed by atoms with Gasteiger partial charge in [0.15, 0.2) is 0 Å². The number of aliphatic hydroxyl groups is 1. The van der Waals surface area contributed by atoms with Gasteiger partial charge in [0.2, 0.25) is 0 Å². The smallest absolute Gasteiger partial charge is 0.0774 e. The second kappa shape index (κ2) is 5.34. The second-order valence-electron chi connectivity index (χ2n) is 7.53. The van der Waals surface area contributed by atoms with E-state index < -0.39 is 5.60 Å². The number of hydrogen-bond acceptors (Lipinski definition) is 3. The summed E-state index contributed by atoms with van der Waals surface area (Å²) in [7, 11) is 2.29. The normalized spacial score (nSPS) is 47.5. The van der Waals surface area contributed by atoms with Crippen molar-refractivity contribution in [3.63, 3.8) is 0 Å². The van der Waals surface area contributed by atoms with Gasteiger partial charge in [-0.25, -0.2) is 0 Å². The molecule has 3 nitrogen and oxygen atoms in total. The quantitative estimate of drug-likeness (QED) is 0.821. The molecule has 0 aromatic rings. The van der Waals surface area contributed by atoms with Gasteiger partial charge in [-0.05, 0) is 51.5 Å². The highest BCUT2D eigenvalue weighted by Crippen LogP contribution is 2.35. The van der Waals surface area contributed by atoms with Crippen LogP contribution in [0, 0.1) is 5.92 Å². The number of fused-ring (bicyclic) bond motifs is 2. The molecule has 2 saturated heterocycles. The summed E-state index contributed by atoms with van der Waals surface area (Å²) in [4.78, 5) is 2.58. The van der Waals surface area contributed by atoms with Crippen LogP contribution in [0.2, 0.25) is 0 Å². The van der Waals surface area contributed by atoms with Crippen LogP contribution in [-0.2, 0) is 0 Å². The van der Waals surface area contributed by atoms with Gasteiger partial charge in [-0.2, -0.15) is 0 Å². The van der Waals surface area contributed by atoms with Crippen LogP contribution >= 0.6 is 0 Å². The Labute approximate surface area is 117 Å². The van der Waals surface area contributed by atoms with Gasteiger partial charge in [-0.3, -0.25) is 0 Å². The number of hydrogen-bond donors (Lipinski definition) is 2. The molecule has 1 aliphatic carbocycles. The largest absolute Gasteiger partial charge is 0.389 e. The Kier molecular flexibility index (Phi) is 3.89. The lowest BCUT2D eigenvalue weighted by Crippen LogP contribution is -2.52. The molecule has 4 atom stereocenters. The maximum atomic E-state index is 10.7. The zero-order chi connectivity index (χ0) is 13.5. The first-order valence-corrected chi connectivity index (χ1v) is 8.23. The minimum Gasteiger partial charge on any atom is -0.389 e. The molecule has 0 aromatic carbocycles. The molecular formula is C16H30N2O. The van der Waals surface area contributed by atoms with Crippen molar-refractivity contribution in [1.82, 2.24) is 10.2 Å². The van der Waals surface area contributed by atoms with Gasteiger partial charge in [0, 0.05) is 24.7 Å². The van der Waals surface area contributed by atoms with Gasteiger partial charge in [0.25, 0.3) is 0 Å². The van der Waals surface area contributed by atoms with Gasteiger partial charge in [0.1, 0.15) is 0 Å². The highest BCUT2D eigenvalue weighted by molar-refractivity contribution is 4.97. The minimum absolute atomic E-state index is 0.430. The van der Waals surface area contributed by atoms with Crippen molar-refractivity contribution in [2.24, 2.45) is 5.92 Å². The molecule has 110 valence electrons. The van der Waals surface area contributed by atoms with Crippen molar-refractivity contribution in [2.45, 2.75) is 82.0 Å². The topological polar surface area (TPSA) is 35.5 Å². The molecule has 2 bridgehead atoms. The average molecular weight is 266 g/mol. The molecule has 0 amide bonds. The summed E-state index contributed by atoms with van der Waals surface area (Å²) < 4.78 is 0. The average Bonchev–Trinajstić information content (AvgIpc) is 2.60. The molecule has 0 radical (unpaired) electrons. The Bertz CT molecular complexity index is 308. The van der Waals surface area contributed by atoms with Gasteiger partial charge >= 0.3 is 0 Å². The van der Waals surface area contributed by atoms with E-state index in [-0.39, 0.29) is 0 Å². The number of nitrogens with one attached hydrogen (secondary N) is 1. The van der Waals surface area contributed by atoms with Crippen LogP contribution in [0.15, 0.2) is 0 Å². The predicted molar refractivity (Wildman–Crippen MR) is 78.2 cm³/mol. The minimum atomic E-state index is -0.430. The molecule has 3 heteroatoms. The molecule has 2 heterocycles. The van der Waals surface area contributed by atoms with Gasteiger partial charge in [-0.1, -0.05) is 19.8 Å². The molecule has 2 N–H and O–H groups in total. The van der Waals surface area contributed by atoms with Crippen molar-refractivity contribution in [2.75, 3.05) is 13.6 Å². The van der Waals surface area contributed by atoms with Crippen LogP contribution in [0.5, 0.6) is 0 Å². The summed E-state index contributed by atoms with van der Waals surface area (Å²) in [5.74, 6) is 0.689. The van der Waals surface area contributed by atoms with E-state index in [0.717, 1.165) is 31.5 Å². The van der Waals surface area contributed by atoms with Crippen molar-refractivity contribution < 1.29 is 5.11 Å². The van der Waals surface area contributed by atoms with Gasteiger partial charge < -0.3 is 15.3 Å². The molecular weight excluding hydrogens is 236 g/mol. The Balaban J connectivity index is 1.50. The second-order valence-corrected chi connectivity index (χ2v) is 7.53. The van der Waals surface area contributed by atoms with E-state index in [9.17, 15) is 5.11 Å². The third-order valence-corrected chi connectivity index (χ3v) is 5.89. The lowest BCUT2D eigenvalue weighted by molar-refractivity contribution is -0.0163. The molecule has 4 unspecified atom stereocenters. The van der Waals surface area contributed by atoms with E-state index in [0.29, 0.717) is 12.0 Å². The van der Waals surface area contributed by atoms with Crippen LogP contribution in [0.4, 0.5) is 0 Å². The number of rotatable bonds is 3. The fourth-order valence-electron chi connectivity index (χ4n) is 4.71. The molecule has 0 spiro atoms. The van der Waals surface area contributed by atoms with E-state index in [2.05, 4.69) is 24.2 Å². The van der Waals surface area contributed by atoms with E-state index in [1.165, 1.54) is 38.5 Å². The summed E-state index contributed by atoms with van der Waals surface area (Å²) in [6.07, 6.45) is 9.76. The molecule has 0 aromatic heterocycles. The number of nitrogens with zero attached hydrogens (tertiary/aromatic N) is 1. The van der Waals surface area contributed by atoms with Crippen molar-refractivity contribution in [3.05, 3.63) is 0 Å². The van der Waals surface area contributed by atoms with Crippen LogP contribution in [0.1, 0.15) is 58.3 Å². The Hall–Kier alpha value is -0.120. The van der Waals surface area contributed by atoms with Gasteiger partial charge in [-0.15, -0.1) is 0 Å². The zero-order valence-electron chi connectivity index (χ0n) is 12.6. The van der Waals surface area contributed by atoms with Crippen LogP contribution in [-0.4, -0.2) is 47.3 Å². The zero-order valence-corrected chi connectivity index (χ0v) is 12.6. The maximum Gasteiger partial charge on any atom is 0.0774 e. The lowest BCUT2D eigenvalue weighted by Gasteiger charge is -2.40. The Morgan fingerprint density at radius 1 is 1.21 bits per heavy atom. The molecule has 19 heavy (non-hydrogen) atoms. The predicted octanol–water partition coefficient (Wildman–Crippen LogP) is 2.14. The van der Waals surface area contributed by atoms with Crippen LogP contribution in [0.3, 0.4) is 0 Å². The van der Waals surface area contributed by atoms with Crippen LogP contribution < -0.4 is 5.32 Å². The number of piperidine rings is 1. The highest BCUT2D eigenvalue weighted by atomic mass is 16.3. The lowest BCUT2D eigenvalue weighted by atomic mass is 9.78. The fourth-order valence-corrected chi connectivity index (χ4v) is 4.71. The summed E-state index contributed by atoms with van der Waals surface area (Å²) in [5, 5.41) is 14.4. The monoisotopic (exact) mass is 266 g/mol. The molecule has 3 aliphatic rings. The third-order valence-electron chi connectivity index (χ3n) is 5.89. The molecule has 1 saturated carbocycles. The van der Waals surface area contributed by atoms with E-state index in [4.69, 9.17) is 0 Å². The SMILES string of the molecule is CC1CCCC(O)(CNC2CC3CCC(C2)N3C)C1. The Morgan fingerprint density at radius 3 is 2.53 bits per heavy atom. The van der Waals surface area contributed by atoms with Crippen molar-refractivity contribution >= 4 is 0 Å². The maximum absolute atomic E-state index is 10.7. The van der Waals surface area contributed by atoms with E-state index >= 15 is 0 Å². The van der Waals surface area contributed by atoms with E-state index in [1.54, 1.807) is 0 Å².